The number of nitrogens with two attached hydrogens (primary N) is 1. The van der Waals surface area contributed by atoms with Gasteiger partial charge in [0.1, 0.15) is 11.6 Å². The third-order valence-corrected chi connectivity index (χ3v) is 3.45. The molecule has 0 aliphatic carbocycles. The van der Waals surface area contributed by atoms with Gasteiger partial charge in [-0.25, -0.2) is 10.8 Å². The SMILES string of the molecule is CSCCCCCCNc1cc([N+](=O)[O-])cc(NN)n1. The van der Waals surface area contributed by atoms with Gasteiger partial charge < -0.3 is 10.7 Å². The Morgan fingerprint density at radius 3 is 2.65 bits per heavy atom. The number of hydrazine groups is 1. The fraction of sp³-hybridized carbons (Fsp3) is 0.583. The maximum Gasteiger partial charge on any atom is 0.276 e. The Labute approximate surface area is 122 Å². The first-order valence-electron chi connectivity index (χ1n) is 6.53. The summed E-state index contributed by atoms with van der Waals surface area (Å²) in [5, 5.41) is 13.9. The average Bonchev–Trinajstić information content (AvgIpc) is 2.46. The number of nitrogen functional groups attached to an aromatic ring is 1. The van der Waals surface area contributed by atoms with Gasteiger partial charge in [-0.2, -0.15) is 11.8 Å². The largest absolute Gasteiger partial charge is 0.370 e. The highest BCUT2D eigenvalue weighted by molar-refractivity contribution is 7.98. The molecule has 7 nitrogen and oxygen atoms in total. The second-order valence-electron chi connectivity index (χ2n) is 4.33. The Morgan fingerprint density at radius 1 is 1.30 bits per heavy atom. The van der Waals surface area contributed by atoms with Gasteiger partial charge in [-0.3, -0.25) is 10.1 Å². The molecule has 0 aliphatic heterocycles. The minimum Gasteiger partial charge on any atom is -0.370 e. The van der Waals surface area contributed by atoms with Crippen LogP contribution in [-0.4, -0.2) is 28.5 Å². The van der Waals surface area contributed by atoms with Crippen molar-refractivity contribution in [2.24, 2.45) is 5.84 Å². The number of aromatic nitrogens is 1. The summed E-state index contributed by atoms with van der Waals surface area (Å²) in [6.07, 6.45) is 6.71. The van der Waals surface area contributed by atoms with Gasteiger partial charge in [0.2, 0.25) is 0 Å². The number of pyridine rings is 1. The summed E-state index contributed by atoms with van der Waals surface area (Å²) in [5.41, 5.74) is 2.30. The van der Waals surface area contributed by atoms with E-state index in [0.717, 1.165) is 19.4 Å². The standard InChI is InChI=1S/C12H21N5O2S/c1-20-7-5-3-2-4-6-14-11-8-10(17(18)19)9-12(15-11)16-13/h8-9H,2-7,13H2,1H3,(H2,14,15,16). The van der Waals surface area contributed by atoms with Crippen LogP contribution in [0.3, 0.4) is 0 Å². The third-order valence-electron chi connectivity index (χ3n) is 2.75. The molecule has 0 radical (unpaired) electrons. The molecule has 0 aromatic carbocycles. The molecule has 1 aromatic heterocycles. The number of nitrogens with zero attached hydrogens (tertiary/aromatic N) is 2. The molecule has 0 spiro atoms. The van der Waals surface area contributed by atoms with E-state index < -0.39 is 4.92 Å². The topological polar surface area (TPSA) is 106 Å². The summed E-state index contributed by atoms with van der Waals surface area (Å²) in [7, 11) is 0. The van der Waals surface area contributed by atoms with Crippen LogP contribution in [0.2, 0.25) is 0 Å². The van der Waals surface area contributed by atoms with E-state index >= 15 is 0 Å². The average molecular weight is 299 g/mol. The Hall–Kier alpha value is -1.54. The summed E-state index contributed by atoms with van der Waals surface area (Å²) in [5.74, 6) is 7.19. The first-order valence-corrected chi connectivity index (χ1v) is 7.92. The quantitative estimate of drug-likeness (QED) is 0.264. The van der Waals surface area contributed by atoms with E-state index in [4.69, 9.17) is 5.84 Å². The van der Waals surface area contributed by atoms with Crippen LogP contribution in [0.4, 0.5) is 17.3 Å². The van der Waals surface area contributed by atoms with Gasteiger partial charge in [0.15, 0.2) is 0 Å². The van der Waals surface area contributed by atoms with Gasteiger partial charge in [0.25, 0.3) is 5.69 Å². The molecular formula is C12H21N5O2S. The van der Waals surface area contributed by atoms with Crippen LogP contribution in [0.5, 0.6) is 0 Å². The molecule has 0 fully saturated rings. The van der Waals surface area contributed by atoms with Crippen molar-refractivity contribution in [3.8, 4) is 0 Å². The molecule has 20 heavy (non-hydrogen) atoms. The van der Waals surface area contributed by atoms with Crippen LogP contribution >= 0.6 is 11.8 Å². The summed E-state index contributed by atoms with van der Waals surface area (Å²) in [6, 6.07) is 2.71. The highest BCUT2D eigenvalue weighted by Crippen LogP contribution is 2.20. The van der Waals surface area contributed by atoms with Crippen molar-refractivity contribution in [2.75, 3.05) is 29.3 Å². The van der Waals surface area contributed by atoms with Crippen molar-refractivity contribution < 1.29 is 4.92 Å². The maximum atomic E-state index is 10.8. The fourth-order valence-corrected chi connectivity index (χ4v) is 2.22. The van der Waals surface area contributed by atoms with E-state index in [1.165, 1.54) is 30.7 Å². The predicted molar refractivity (Wildman–Crippen MR) is 84.0 cm³/mol. The van der Waals surface area contributed by atoms with E-state index in [0.29, 0.717) is 5.82 Å². The Kier molecular flexibility index (Phi) is 7.74. The molecule has 0 amide bonds. The zero-order valence-electron chi connectivity index (χ0n) is 11.6. The lowest BCUT2D eigenvalue weighted by Gasteiger charge is -2.07. The van der Waals surface area contributed by atoms with Crippen molar-refractivity contribution >= 4 is 29.1 Å². The first kappa shape index (κ1) is 16.5. The van der Waals surface area contributed by atoms with E-state index in [9.17, 15) is 10.1 Å². The zero-order valence-corrected chi connectivity index (χ0v) is 12.4. The van der Waals surface area contributed by atoms with Crippen LogP contribution in [0, 0.1) is 10.1 Å². The number of unbranched alkanes of at least 4 members (excludes halogenated alkanes) is 3. The Bertz CT molecular complexity index is 430. The van der Waals surface area contributed by atoms with Crippen molar-refractivity contribution in [3.05, 3.63) is 22.2 Å². The van der Waals surface area contributed by atoms with Crippen molar-refractivity contribution in [3.63, 3.8) is 0 Å². The number of hydrogen-bond acceptors (Lipinski definition) is 7. The van der Waals surface area contributed by atoms with Gasteiger partial charge in [-0.05, 0) is 24.9 Å². The smallest absolute Gasteiger partial charge is 0.276 e. The van der Waals surface area contributed by atoms with Crippen LogP contribution < -0.4 is 16.6 Å². The second-order valence-corrected chi connectivity index (χ2v) is 5.32. The third kappa shape index (κ3) is 6.07. The van der Waals surface area contributed by atoms with Gasteiger partial charge in [0, 0.05) is 6.54 Å². The highest BCUT2D eigenvalue weighted by atomic mass is 32.2. The monoisotopic (exact) mass is 299 g/mol. The minimum atomic E-state index is -0.462. The van der Waals surface area contributed by atoms with E-state index in [-0.39, 0.29) is 11.5 Å². The summed E-state index contributed by atoms with van der Waals surface area (Å²) in [6.45, 7) is 0.747. The first-order chi connectivity index (χ1) is 9.67. The zero-order chi connectivity index (χ0) is 14.8. The van der Waals surface area contributed by atoms with Gasteiger partial charge in [-0.15, -0.1) is 0 Å². The van der Waals surface area contributed by atoms with Crippen LogP contribution in [0.1, 0.15) is 25.7 Å². The van der Waals surface area contributed by atoms with E-state index in [1.807, 2.05) is 11.8 Å². The predicted octanol–water partition coefficient (Wildman–Crippen LogP) is 2.61. The summed E-state index contributed by atoms with van der Waals surface area (Å²) >= 11 is 1.86. The molecule has 8 heteroatoms. The van der Waals surface area contributed by atoms with E-state index in [2.05, 4.69) is 22.0 Å². The normalized spacial score (nSPS) is 10.3. The molecule has 1 heterocycles. The molecular weight excluding hydrogens is 278 g/mol. The lowest BCUT2D eigenvalue weighted by atomic mass is 10.2. The number of nitro groups is 1. The second kappa shape index (κ2) is 9.38. The maximum absolute atomic E-state index is 10.8. The van der Waals surface area contributed by atoms with Crippen LogP contribution in [-0.2, 0) is 0 Å². The highest BCUT2D eigenvalue weighted by Gasteiger charge is 2.10. The molecule has 0 aliphatic rings. The van der Waals surface area contributed by atoms with Gasteiger partial charge in [0.05, 0.1) is 17.1 Å². The molecule has 1 rings (SSSR count). The lowest BCUT2D eigenvalue weighted by Crippen LogP contribution is -2.11. The molecule has 4 N–H and O–H groups in total. The number of anilines is 2. The van der Waals surface area contributed by atoms with E-state index in [1.54, 1.807) is 0 Å². The molecule has 0 saturated carbocycles. The number of rotatable bonds is 10. The summed E-state index contributed by atoms with van der Waals surface area (Å²) < 4.78 is 0. The molecule has 0 bridgehead atoms. The summed E-state index contributed by atoms with van der Waals surface area (Å²) in [4.78, 5) is 14.4. The molecule has 112 valence electrons. The van der Waals surface area contributed by atoms with Crippen LogP contribution in [0.15, 0.2) is 12.1 Å². The molecule has 0 saturated heterocycles. The van der Waals surface area contributed by atoms with Gasteiger partial charge >= 0.3 is 0 Å². The molecule has 0 unspecified atom stereocenters. The Morgan fingerprint density at radius 2 is 2.00 bits per heavy atom. The number of hydrogen-bond donors (Lipinski definition) is 3. The van der Waals surface area contributed by atoms with Crippen LogP contribution in [0.25, 0.3) is 0 Å². The van der Waals surface area contributed by atoms with Crippen molar-refractivity contribution in [1.29, 1.82) is 0 Å². The van der Waals surface area contributed by atoms with Crippen molar-refractivity contribution in [2.45, 2.75) is 25.7 Å². The number of nitrogens with one attached hydrogen (secondary N) is 2. The molecule has 0 atom stereocenters. The Balaban J connectivity index is 2.39. The van der Waals surface area contributed by atoms with Gasteiger partial charge in [-0.1, -0.05) is 12.8 Å². The fourth-order valence-electron chi connectivity index (χ4n) is 1.73. The molecule has 1 aromatic rings. The van der Waals surface area contributed by atoms with Crippen molar-refractivity contribution in [1.82, 2.24) is 4.98 Å². The minimum absolute atomic E-state index is 0.0320. The number of thioether (sulfide) groups is 1. The lowest BCUT2D eigenvalue weighted by molar-refractivity contribution is -0.384.